The second-order valence-corrected chi connectivity index (χ2v) is 3.42. The van der Waals surface area contributed by atoms with Gasteiger partial charge in [0.2, 0.25) is 0 Å². The summed E-state index contributed by atoms with van der Waals surface area (Å²) in [6, 6.07) is 2.03. The molecule has 0 aliphatic heterocycles. The van der Waals surface area contributed by atoms with Gasteiger partial charge in [-0.1, -0.05) is 19.9 Å². The molecule has 0 spiro atoms. The Bertz CT molecular complexity index is 226. The highest BCUT2D eigenvalue weighted by molar-refractivity contribution is 7.08. The van der Waals surface area contributed by atoms with Crippen molar-refractivity contribution in [3.63, 3.8) is 0 Å². The first-order valence-corrected chi connectivity index (χ1v) is 5.13. The van der Waals surface area contributed by atoms with Crippen molar-refractivity contribution in [2.45, 2.75) is 19.8 Å². The molecule has 66 valence electrons. The molecule has 1 aromatic rings. The Balaban J connectivity index is 2.30. The van der Waals surface area contributed by atoms with Crippen LogP contribution in [-0.2, 0) is 4.74 Å². The van der Waals surface area contributed by atoms with Gasteiger partial charge in [0.1, 0.15) is 5.76 Å². The molecule has 0 unspecified atom stereocenters. The van der Waals surface area contributed by atoms with Gasteiger partial charge in [-0.2, -0.15) is 11.3 Å². The minimum absolute atomic E-state index is 0.783. The fourth-order valence-electron chi connectivity index (χ4n) is 0.846. The molecule has 0 aromatic carbocycles. The van der Waals surface area contributed by atoms with Crippen molar-refractivity contribution >= 4 is 17.1 Å². The van der Waals surface area contributed by atoms with Crippen LogP contribution in [0.2, 0.25) is 0 Å². The van der Waals surface area contributed by atoms with E-state index >= 15 is 0 Å². The quantitative estimate of drug-likeness (QED) is 0.500. The normalized spacial score (nSPS) is 9.75. The third kappa shape index (κ3) is 2.70. The van der Waals surface area contributed by atoms with Crippen LogP contribution in [-0.4, -0.2) is 6.61 Å². The lowest BCUT2D eigenvalue weighted by molar-refractivity contribution is 0.271. The monoisotopic (exact) mass is 182 g/mol. The van der Waals surface area contributed by atoms with Crippen LogP contribution >= 0.6 is 11.3 Å². The summed E-state index contributed by atoms with van der Waals surface area (Å²) in [6.07, 6.45) is 2.26. The van der Waals surface area contributed by atoms with Gasteiger partial charge in [0.25, 0.3) is 0 Å². The van der Waals surface area contributed by atoms with Gasteiger partial charge in [0, 0.05) is 10.9 Å². The molecule has 1 nitrogen and oxygen atoms in total. The van der Waals surface area contributed by atoms with Crippen LogP contribution in [0.4, 0.5) is 0 Å². The molecule has 0 saturated carbocycles. The molecular weight excluding hydrogens is 168 g/mol. The summed E-state index contributed by atoms with van der Waals surface area (Å²) in [6.45, 7) is 6.79. The number of hydrogen-bond acceptors (Lipinski definition) is 2. The van der Waals surface area contributed by atoms with Crippen LogP contribution in [0.1, 0.15) is 25.3 Å². The minimum Gasteiger partial charge on any atom is -0.494 e. The first kappa shape index (κ1) is 9.33. The standard InChI is InChI=1S/C10H14OS/c1-3-4-6-11-9(2)10-5-7-12-8-10/h5,7-8H,2-4,6H2,1H3. The summed E-state index contributed by atoms with van der Waals surface area (Å²) in [5.41, 5.74) is 1.11. The molecule has 12 heavy (non-hydrogen) atoms. The lowest BCUT2D eigenvalue weighted by Crippen LogP contribution is -1.91. The molecule has 1 rings (SSSR count). The number of thiophene rings is 1. The van der Waals surface area contributed by atoms with E-state index in [9.17, 15) is 0 Å². The largest absolute Gasteiger partial charge is 0.494 e. The molecule has 0 amide bonds. The maximum atomic E-state index is 5.44. The fourth-order valence-corrected chi connectivity index (χ4v) is 1.51. The molecule has 0 aliphatic carbocycles. The first-order chi connectivity index (χ1) is 5.84. The van der Waals surface area contributed by atoms with Crippen LogP contribution in [0.15, 0.2) is 23.4 Å². The fraction of sp³-hybridized carbons (Fsp3) is 0.400. The molecule has 0 bridgehead atoms. The van der Waals surface area contributed by atoms with E-state index in [1.807, 2.05) is 16.8 Å². The molecule has 0 fully saturated rings. The Labute approximate surface area is 77.7 Å². The molecule has 0 N–H and O–H groups in total. The van der Waals surface area contributed by atoms with Crippen LogP contribution < -0.4 is 0 Å². The van der Waals surface area contributed by atoms with Crippen LogP contribution in [0, 0.1) is 0 Å². The summed E-state index contributed by atoms with van der Waals surface area (Å²) < 4.78 is 5.44. The van der Waals surface area contributed by atoms with Crippen molar-refractivity contribution in [3.8, 4) is 0 Å². The maximum absolute atomic E-state index is 5.44. The van der Waals surface area contributed by atoms with Crippen molar-refractivity contribution in [2.75, 3.05) is 6.61 Å². The molecule has 0 aliphatic rings. The van der Waals surface area contributed by atoms with Crippen LogP contribution in [0.25, 0.3) is 5.76 Å². The third-order valence-electron chi connectivity index (χ3n) is 1.62. The van der Waals surface area contributed by atoms with E-state index in [-0.39, 0.29) is 0 Å². The summed E-state index contributed by atoms with van der Waals surface area (Å²) in [5, 5.41) is 4.08. The smallest absolute Gasteiger partial charge is 0.120 e. The topological polar surface area (TPSA) is 9.23 Å². The molecule has 0 atom stereocenters. The predicted octanol–water partition coefficient (Wildman–Crippen LogP) is 3.54. The second kappa shape index (κ2) is 4.99. The second-order valence-electron chi connectivity index (χ2n) is 2.64. The van der Waals surface area contributed by atoms with Gasteiger partial charge < -0.3 is 4.74 Å². The first-order valence-electron chi connectivity index (χ1n) is 4.19. The number of hydrogen-bond donors (Lipinski definition) is 0. The van der Waals surface area contributed by atoms with Crippen LogP contribution in [0.3, 0.4) is 0 Å². The van der Waals surface area contributed by atoms with Gasteiger partial charge in [-0.05, 0) is 17.9 Å². The Hall–Kier alpha value is -0.760. The van der Waals surface area contributed by atoms with Crippen molar-refractivity contribution in [1.82, 2.24) is 0 Å². The minimum atomic E-state index is 0.783. The van der Waals surface area contributed by atoms with Crippen molar-refractivity contribution in [2.24, 2.45) is 0 Å². The Morgan fingerprint density at radius 2 is 2.50 bits per heavy atom. The average Bonchev–Trinajstić information content (AvgIpc) is 2.56. The van der Waals surface area contributed by atoms with Crippen molar-refractivity contribution in [3.05, 3.63) is 29.0 Å². The van der Waals surface area contributed by atoms with Gasteiger partial charge in [-0.25, -0.2) is 0 Å². The van der Waals surface area contributed by atoms with E-state index in [1.165, 1.54) is 0 Å². The average molecular weight is 182 g/mol. The Kier molecular flexibility index (Phi) is 3.88. The van der Waals surface area contributed by atoms with E-state index < -0.39 is 0 Å². The Morgan fingerprint density at radius 1 is 1.67 bits per heavy atom. The molecule has 1 aromatic heterocycles. The maximum Gasteiger partial charge on any atom is 0.120 e. The summed E-state index contributed by atoms with van der Waals surface area (Å²) >= 11 is 1.67. The van der Waals surface area contributed by atoms with E-state index in [4.69, 9.17) is 4.74 Å². The highest BCUT2D eigenvalue weighted by Gasteiger charge is 1.98. The highest BCUT2D eigenvalue weighted by atomic mass is 32.1. The van der Waals surface area contributed by atoms with Gasteiger partial charge in [0.05, 0.1) is 6.61 Å². The van der Waals surface area contributed by atoms with Gasteiger partial charge in [-0.3, -0.25) is 0 Å². The Morgan fingerprint density at radius 3 is 3.08 bits per heavy atom. The zero-order valence-electron chi connectivity index (χ0n) is 7.38. The third-order valence-corrected chi connectivity index (χ3v) is 2.30. The molecule has 0 radical (unpaired) electrons. The lowest BCUT2D eigenvalue weighted by Gasteiger charge is -2.05. The van der Waals surface area contributed by atoms with Crippen molar-refractivity contribution in [1.29, 1.82) is 0 Å². The predicted molar refractivity (Wildman–Crippen MR) is 54.2 cm³/mol. The van der Waals surface area contributed by atoms with E-state index in [1.54, 1.807) is 11.3 Å². The number of rotatable bonds is 5. The van der Waals surface area contributed by atoms with E-state index in [0.717, 1.165) is 30.8 Å². The summed E-state index contributed by atoms with van der Waals surface area (Å²) in [4.78, 5) is 0. The SMILES string of the molecule is C=C(OCCCC)c1ccsc1. The van der Waals surface area contributed by atoms with Crippen LogP contribution in [0.5, 0.6) is 0 Å². The molecule has 1 heterocycles. The van der Waals surface area contributed by atoms with Gasteiger partial charge >= 0.3 is 0 Å². The van der Waals surface area contributed by atoms with Gasteiger partial charge in [-0.15, -0.1) is 0 Å². The van der Waals surface area contributed by atoms with E-state index in [2.05, 4.69) is 13.5 Å². The molecule has 0 saturated heterocycles. The van der Waals surface area contributed by atoms with Gasteiger partial charge in [0.15, 0.2) is 0 Å². The highest BCUT2D eigenvalue weighted by Crippen LogP contribution is 2.16. The molecule has 2 heteroatoms. The number of unbranched alkanes of at least 4 members (excludes halogenated alkanes) is 1. The molecular formula is C10H14OS. The zero-order chi connectivity index (χ0) is 8.81. The van der Waals surface area contributed by atoms with E-state index in [0.29, 0.717) is 0 Å². The zero-order valence-corrected chi connectivity index (χ0v) is 8.19. The number of ether oxygens (including phenoxy) is 1. The summed E-state index contributed by atoms with van der Waals surface area (Å²) in [5.74, 6) is 0.796. The lowest BCUT2D eigenvalue weighted by atomic mass is 10.3. The summed E-state index contributed by atoms with van der Waals surface area (Å²) in [7, 11) is 0. The van der Waals surface area contributed by atoms with Crippen molar-refractivity contribution < 1.29 is 4.74 Å².